The average Bonchev–Trinajstić information content (AvgIpc) is 2.49. The molecule has 0 fully saturated rings. The molecule has 2 rings (SSSR count). The Balaban J connectivity index is 2.54. The minimum atomic E-state index is 0.168. The third kappa shape index (κ3) is 1.40. The second-order valence-corrected chi connectivity index (χ2v) is 3.24. The van der Waals surface area contributed by atoms with Gasteiger partial charge in [-0.1, -0.05) is 11.6 Å². The summed E-state index contributed by atoms with van der Waals surface area (Å²) in [6.45, 7) is 0. The van der Waals surface area contributed by atoms with Gasteiger partial charge in [0.25, 0.3) is 0 Å². The fourth-order valence-corrected chi connectivity index (χ4v) is 1.35. The molecule has 0 aliphatic carbocycles. The number of aromatic nitrogens is 2. The zero-order valence-corrected chi connectivity index (χ0v) is 7.85. The number of nitrogens with zero attached hydrogens (tertiary/aromatic N) is 2. The first kappa shape index (κ1) is 8.90. The standard InChI is InChI=1S/C9H7ClN2O2/c10-8-3-1-7(2-4-8)9-11(13)5-6-12(9)14/h1-6,13H. The normalized spacial score (nSPS) is 10.4. The molecule has 0 spiro atoms. The first-order valence-corrected chi connectivity index (χ1v) is 4.32. The predicted octanol–water partition coefficient (Wildman–Crippen LogP) is 1.68. The van der Waals surface area contributed by atoms with Crippen molar-refractivity contribution >= 4 is 11.6 Å². The Morgan fingerprint density at radius 3 is 2.43 bits per heavy atom. The highest BCUT2D eigenvalue weighted by Crippen LogP contribution is 2.17. The summed E-state index contributed by atoms with van der Waals surface area (Å²) >= 11 is 5.70. The molecule has 4 nitrogen and oxygen atoms in total. The lowest BCUT2D eigenvalue weighted by molar-refractivity contribution is -0.594. The van der Waals surface area contributed by atoms with Gasteiger partial charge in [-0.15, -0.1) is 0 Å². The van der Waals surface area contributed by atoms with Gasteiger partial charge in [0.2, 0.25) is 0 Å². The van der Waals surface area contributed by atoms with Crippen molar-refractivity contribution in [1.82, 2.24) is 4.73 Å². The van der Waals surface area contributed by atoms with Crippen LogP contribution in [0.3, 0.4) is 0 Å². The van der Waals surface area contributed by atoms with Crippen molar-refractivity contribution in [3.05, 3.63) is 46.9 Å². The van der Waals surface area contributed by atoms with E-state index in [9.17, 15) is 10.4 Å². The molecule has 5 heteroatoms. The van der Waals surface area contributed by atoms with E-state index >= 15 is 0 Å². The number of hydrogen-bond acceptors (Lipinski definition) is 2. The Hall–Kier alpha value is -1.68. The van der Waals surface area contributed by atoms with Gasteiger partial charge < -0.3 is 10.4 Å². The Morgan fingerprint density at radius 2 is 1.93 bits per heavy atom. The molecule has 0 amide bonds. The van der Waals surface area contributed by atoms with Gasteiger partial charge in [-0.05, 0) is 29.0 Å². The van der Waals surface area contributed by atoms with Crippen LogP contribution in [0.5, 0.6) is 0 Å². The largest absolute Gasteiger partial charge is 0.710 e. The molecular weight excluding hydrogens is 204 g/mol. The molecule has 0 aliphatic rings. The van der Waals surface area contributed by atoms with Crippen molar-refractivity contribution in [3.8, 4) is 11.4 Å². The van der Waals surface area contributed by atoms with Gasteiger partial charge in [-0.25, -0.2) is 4.73 Å². The van der Waals surface area contributed by atoms with Gasteiger partial charge in [-0.3, -0.25) is 0 Å². The highest BCUT2D eigenvalue weighted by molar-refractivity contribution is 6.30. The molecule has 0 unspecified atom stereocenters. The predicted molar refractivity (Wildman–Crippen MR) is 51.0 cm³/mol. The van der Waals surface area contributed by atoms with Gasteiger partial charge in [0, 0.05) is 5.02 Å². The number of hydrogen-bond donors (Lipinski definition) is 1. The second-order valence-electron chi connectivity index (χ2n) is 2.80. The first-order valence-electron chi connectivity index (χ1n) is 3.94. The zero-order valence-electron chi connectivity index (χ0n) is 7.09. The molecule has 14 heavy (non-hydrogen) atoms. The lowest BCUT2D eigenvalue weighted by Gasteiger charge is -2.01. The van der Waals surface area contributed by atoms with E-state index in [-0.39, 0.29) is 5.82 Å². The van der Waals surface area contributed by atoms with Crippen molar-refractivity contribution in [2.75, 3.05) is 0 Å². The maximum Gasteiger partial charge on any atom is 0.331 e. The molecule has 0 saturated heterocycles. The third-order valence-corrected chi connectivity index (χ3v) is 2.12. The monoisotopic (exact) mass is 210 g/mol. The number of imidazole rings is 1. The van der Waals surface area contributed by atoms with E-state index in [1.807, 2.05) is 0 Å². The minimum absolute atomic E-state index is 0.168. The van der Waals surface area contributed by atoms with Crippen LogP contribution in [0.1, 0.15) is 0 Å². The Bertz CT molecular complexity index is 431. The highest BCUT2D eigenvalue weighted by atomic mass is 35.5. The van der Waals surface area contributed by atoms with Gasteiger partial charge in [-0.2, -0.15) is 0 Å². The summed E-state index contributed by atoms with van der Waals surface area (Å²) < 4.78 is 1.36. The lowest BCUT2D eigenvalue weighted by Crippen LogP contribution is -2.26. The van der Waals surface area contributed by atoms with Gasteiger partial charge in [0.15, 0.2) is 6.20 Å². The minimum Gasteiger partial charge on any atom is -0.710 e. The van der Waals surface area contributed by atoms with Gasteiger partial charge in [0.05, 0.1) is 5.56 Å². The summed E-state index contributed by atoms with van der Waals surface area (Å²) in [5.41, 5.74) is 0.608. The van der Waals surface area contributed by atoms with Crippen LogP contribution in [0.25, 0.3) is 11.4 Å². The topological polar surface area (TPSA) is 52.1 Å². The molecule has 1 heterocycles. The fraction of sp³-hybridized carbons (Fsp3) is 0. The quantitative estimate of drug-likeness (QED) is 0.442. The number of rotatable bonds is 1. The summed E-state index contributed by atoms with van der Waals surface area (Å²) in [5, 5.41) is 21.1. The van der Waals surface area contributed by atoms with E-state index in [1.54, 1.807) is 24.3 Å². The van der Waals surface area contributed by atoms with Crippen LogP contribution in [0, 0.1) is 5.21 Å². The molecule has 0 saturated carbocycles. The zero-order chi connectivity index (χ0) is 10.1. The van der Waals surface area contributed by atoms with Crippen molar-refractivity contribution in [3.63, 3.8) is 0 Å². The van der Waals surface area contributed by atoms with Crippen LogP contribution in [0.2, 0.25) is 5.02 Å². The van der Waals surface area contributed by atoms with Crippen LogP contribution < -0.4 is 4.73 Å². The van der Waals surface area contributed by atoms with Crippen molar-refractivity contribution in [1.29, 1.82) is 0 Å². The Labute approximate surface area is 85.1 Å². The maximum absolute atomic E-state index is 11.2. The molecule has 0 aliphatic heterocycles. The summed E-state index contributed by atoms with van der Waals surface area (Å²) in [6, 6.07) is 6.64. The number of benzene rings is 1. The summed E-state index contributed by atoms with van der Waals surface area (Å²) in [7, 11) is 0. The number of halogens is 1. The van der Waals surface area contributed by atoms with E-state index < -0.39 is 0 Å². The molecule has 0 radical (unpaired) electrons. The molecule has 1 aromatic heterocycles. The highest BCUT2D eigenvalue weighted by Gasteiger charge is 2.14. The van der Waals surface area contributed by atoms with Crippen LogP contribution in [-0.4, -0.2) is 9.94 Å². The summed E-state index contributed by atoms with van der Waals surface area (Å²) in [4.78, 5) is 0. The van der Waals surface area contributed by atoms with Gasteiger partial charge in [0.1, 0.15) is 6.20 Å². The van der Waals surface area contributed by atoms with Crippen molar-refractivity contribution < 1.29 is 9.94 Å². The van der Waals surface area contributed by atoms with Crippen molar-refractivity contribution in [2.24, 2.45) is 0 Å². The molecule has 2 aromatic rings. The first-order chi connectivity index (χ1) is 6.68. The Morgan fingerprint density at radius 1 is 1.29 bits per heavy atom. The van der Waals surface area contributed by atoms with Crippen LogP contribution in [0.15, 0.2) is 36.7 Å². The fourth-order valence-electron chi connectivity index (χ4n) is 1.22. The molecular formula is C9H7ClN2O2. The molecule has 1 N–H and O–H groups in total. The third-order valence-electron chi connectivity index (χ3n) is 1.87. The van der Waals surface area contributed by atoms with Crippen LogP contribution in [0.4, 0.5) is 0 Å². The molecule has 72 valence electrons. The second kappa shape index (κ2) is 3.23. The van der Waals surface area contributed by atoms with Gasteiger partial charge >= 0.3 is 5.82 Å². The lowest BCUT2D eigenvalue weighted by atomic mass is 10.2. The molecule has 0 atom stereocenters. The average molecular weight is 211 g/mol. The van der Waals surface area contributed by atoms with E-state index in [0.717, 1.165) is 4.73 Å². The van der Waals surface area contributed by atoms with E-state index in [0.29, 0.717) is 15.3 Å². The molecule has 0 bridgehead atoms. The smallest absolute Gasteiger partial charge is 0.331 e. The Kier molecular flexibility index (Phi) is 2.05. The molecule has 1 aromatic carbocycles. The van der Waals surface area contributed by atoms with Crippen molar-refractivity contribution in [2.45, 2.75) is 0 Å². The van der Waals surface area contributed by atoms with Crippen LogP contribution >= 0.6 is 11.6 Å². The SMILES string of the molecule is [O-][n+]1ccn(O)c1-c1ccc(Cl)cc1. The van der Waals surface area contributed by atoms with E-state index in [2.05, 4.69) is 0 Å². The summed E-state index contributed by atoms with van der Waals surface area (Å²) in [6.07, 6.45) is 2.50. The van der Waals surface area contributed by atoms with Crippen LogP contribution in [-0.2, 0) is 0 Å². The van der Waals surface area contributed by atoms with E-state index in [4.69, 9.17) is 11.6 Å². The maximum atomic E-state index is 11.2. The summed E-state index contributed by atoms with van der Waals surface area (Å²) in [5.74, 6) is 0.168. The van der Waals surface area contributed by atoms with E-state index in [1.165, 1.54) is 12.4 Å².